The molecule has 6 heteroatoms. The van der Waals surface area contributed by atoms with Gasteiger partial charge in [0, 0.05) is 44.6 Å². The Balaban J connectivity index is 0.00000461. The molecule has 0 spiro atoms. The van der Waals surface area contributed by atoms with E-state index < -0.39 is 0 Å². The second-order valence-corrected chi connectivity index (χ2v) is 11.5. The summed E-state index contributed by atoms with van der Waals surface area (Å²) in [5.41, 5.74) is 19.6. The smallest absolute Gasteiger partial charge is 0.0791 e. The van der Waals surface area contributed by atoms with E-state index in [4.69, 9.17) is 15.0 Å². The van der Waals surface area contributed by atoms with Crippen LogP contribution in [0.4, 0.5) is 0 Å². The molecular weight excluding hydrogens is 599 g/mol. The van der Waals surface area contributed by atoms with Crippen LogP contribution >= 0.6 is 0 Å². The van der Waals surface area contributed by atoms with Crippen molar-refractivity contribution in [1.29, 1.82) is 0 Å². The molecule has 5 rings (SSSR count). The third kappa shape index (κ3) is 5.83. The van der Waals surface area contributed by atoms with Crippen LogP contribution in [0.25, 0.3) is 11.6 Å². The topological polar surface area (TPSA) is 73.1 Å². The summed E-state index contributed by atoms with van der Waals surface area (Å²) < 4.78 is 0. The zero-order valence-electron chi connectivity index (χ0n) is 28.2. The van der Waals surface area contributed by atoms with E-state index in [1.54, 1.807) is 6.08 Å². The Morgan fingerprint density at radius 2 is 1.07 bits per heavy atom. The van der Waals surface area contributed by atoms with Gasteiger partial charge in [-0.2, -0.15) is 0 Å². The zero-order chi connectivity index (χ0) is 31.5. The minimum atomic E-state index is 0. The van der Waals surface area contributed by atoms with Gasteiger partial charge in [-0.05, 0) is 115 Å². The molecule has 0 aromatic carbocycles. The molecule has 0 saturated carbocycles. The van der Waals surface area contributed by atoms with Crippen LogP contribution in [-0.2, 0) is 16.5 Å². The molecule has 0 fully saturated rings. The van der Waals surface area contributed by atoms with Gasteiger partial charge in [0.25, 0.3) is 0 Å². The average molecular weight is 648 g/mol. The number of allylic oxidation sites excluding steroid dienone is 11. The van der Waals surface area contributed by atoms with Gasteiger partial charge in [-0.15, -0.1) is 0 Å². The number of hydrogen-bond donors (Lipinski definition) is 2. The molecule has 5 heterocycles. The van der Waals surface area contributed by atoms with Gasteiger partial charge in [0.05, 0.1) is 40.5 Å². The molecule has 2 N–H and O–H groups in total. The Morgan fingerprint density at radius 3 is 1.62 bits per heavy atom. The van der Waals surface area contributed by atoms with Crippen molar-refractivity contribution in [2.45, 2.75) is 107 Å². The molecule has 4 aliphatic heterocycles. The van der Waals surface area contributed by atoms with E-state index in [0.29, 0.717) is 0 Å². The second-order valence-electron chi connectivity index (χ2n) is 11.5. The van der Waals surface area contributed by atoms with Crippen molar-refractivity contribution in [2.24, 2.45) is 15.0 Å². The van der Waals surface area contributed by atoms with Crippen molar-refractivity contribution >= 4 is 28.8 Å². The summed E-state index contributed by atoms with van der Waals surface area (Å²) in [6.45, 7) is 17.9. The van der Waals surface area contributed by atoms with Crippen LogP contribution in [0, 0.1) is 0 Å². The summed E-state index contributed by atoms with van der Waals surface area (Å²) in [4.78, 5) is 20.1. The molecule has 0 radical (unpaired) electrons. The zero-order valence-corrected chi connectivity index (χ0v) is 29.2. The van der Waals surface area contributed by atoms with E-state index in [1.165, 1.54) is 44.6 Å². The molecule has 1 aromatic rings. The van der Waals surface area contributed by atoms with Crippen LogP contribution in [0.1, 0.15) is 118 Å². The number of hydrogen-bond acceptors (Lipinski definition) is 4. The molecule has 45 heavy (non-hydrogen) atoms. The molecule has 0 amide bonds. The summed E-state index contributed by atoms with van der Waals surface area (Å²) in [5.74, 6) is 0. The molecule has 0 saturated heterocycles. The van der Waals surface area contributed by atoms with Gasteiger partial charge in [0.1, 0.15) is 0 Å². The Morgan fingerprint density at radius 1 is 0.578 bits per heavy atom. The second kappa shape index (κ2) is 14.7. The van der Waals surface area contributed by atoms with Crippen molar-refractivity contribution in [3.8, 4) is 0 Å². The first-order valence-electron chi connectivity index (χ1n) is 16.8. The predicted octanol–water partition coefficient (Wildman–Crippen LogP) is 10.9. The molecule has 0 unspecified atom stereocenters. The predicted molar refractivity (Wildman–Crippen MR) is 188 cm³/mol. The number of aromatic amines is 1. The van der Waals surface area contributed by atoms with Crippen molar-refractivity contribution in [3.63, 3.8) is 0 Å². The quantitative estimate of drug-likeness (QED) is 0.203. The third-order valence-electron chi connectivity index (χ3n) is 9.38. The number of fused-ring (bicyclic) bond motifs is 5. The van der Waals surface area contributed by atoms with E-state index in [-0.39, 0.29) is 16.5 Å². The van der Waals surface area contributed by atoms with E-state index in [2.05, 4.69) is 78.6 Å². The van der Waals surface area contributed by atoms with Crippen LogP contribution in [0.15, 0.2) is 107 Å². The maximum atomic E-state index is 9.79. The maximum Gasteiger partial charge on any atom is 0.0791 e. The number of rotatable bonds is 9. The number of nitrogens with zero attached hydrogens (tertiary/aromatic N) is 3. The van der Waals surface area contributed by atoms with Crippen LogP contribution < -0.4 is 0 Å². The monoisotopic (exact) mass is 646 g/mol. The summed E-state index contributed by atoms with van der Waals surface area (Å²) in [7, 11) is 0. The average Bonchev–Trinajstić information content (AvgIpc) is 3.81. The maximum absolute atomic E-state index is 9.79. The Labute approximate surface area is 279 Å². The van der Waals surface area contributed by atoms with Gasteiger partial charge in [0.2, 0.25) is 0 Å². The molecule has 240 valence electrons. The van der Waals surface area contributed by atoms with Gasteiger partial charge in [-0.1, -0.05) is 55.4 Å². The largest absolute Gasteiger partial charge is 0.516 e. The Hall–Kier alpha value is -3.50. The standard InChI is InChI=1S/C39H48N4O.Ni/c1-9-24-25(10-2)38-32(18-17-21-44)39-29(14-6)28(13-5)37(43-39)31(16-8)36-27(12-4)26(11-3)35(42-36)30(15-7)33-20-19-23(40-33)22-34(24)41-38;/h17-22,40,44H,9-16H2,1-8H3;. The molecule has 0 atom stereocenters. The number of aliphatic hydroxyl groups excluding tert-OH is 1. The summed E-state index contributed by atoms with van der Waals surface area (Å²) in [6, 6.07) is 4.37. The van der Waals surface area contributed by atoms with E-state index in [9.17, 15) is 5.11 Å². The molecule has 5 nitrogen and oxygen atoms in total. The summed E-state index contributed by atoms with van der Waals surface area (Å²) >= 11 is 0. The fraction of sp³-hybridized carbons (Fsp3) is 0.410. The fourth-order valence-electron chi connectivity index (χ4n) is 7.39. The van der Waals surface area contributed by atoms with Crippen LogP contribution in [0.5, 0.6) is 0 Å². The third-order valence-corrected chi connectivity index (χ3v) is 9.38. The molecule has 4 aliphatic rings. The van der Waals surface area contributed by atoms with Crippen LogP contribution in [0.2, 0.25) is 0 Å². The van der Waals surface area contributed by atoms with Crippen LogP contribution in [-0.4, -0.2) is 27.2 Å². The number of H-pyrrole nitrogens is 1. The summed E-state index contributed by atoms with van der Waals surface area (Å²) in [5, 5.41) is 9.79. The van der Waals surface area contributed by atoms with Crippen molar-refractivity contribution < 1.29 is 21.6 Å². The van der Waals surface area contributed by atoms with Crippen molar-refractivity contribution in [1.82, 2.24) is 4.98 Å². The minimum absolute atomic E-state index is 0. The number of nitrogens with one attached hydrogen (secondary N) is 1. The molecule has 8 bridgehead atoms. The van der Waals surface area contributed by atoms with Crippen LogP contribution in [0.3, 0.4) is 0 Å². The van der Waals surface area contributed by atoms with E-state index >= 15 is 0 Å². The fourth-order valence-corrected chi connectivity index (χ4v) is 7.39. The number of aliphatic hydroxyl groups is 1. The van der Waals surface area contributed by atoms with Crippen molar-refractivity contribution in [2.75, 3.05) is 0 Å². The van der Waals surface area contributed by atoms with E-state index in [0.717, 1.165) is 109 Å². The first kappa shape index (κ1) is 34.4. The normalized spacial score (nSPS) is 19.3. The van der Waals surface area contributed by atoms with Gasteiger partial charge >= 0.3 is 0 Å². The molecule has 1 aromatic heterocycles. The first-order valence-corrected chi connectivity index (χ1v) is 16.8. The minimum Gasteiger partial charge on any atom is -0.516 e. The summed E-state index contributed by atoms with van der Waals surface area (Å²) in [6.07, 6.45) is 14.1. The molecule has 0 aliphatic carbocycles. The van der Waals surface area contributed by atoms with Gasteiger partial charge in [0.15, 0.2) is 0 Å². The first-order chi connectivity index (χ1) is 21.4. The van der Waals surface area contributed by atoms with Crippen molar-refractivity contribution in [3.05, 3.63) is 104 Å². The van der Waals surface area contributed by atoms with E-state index in [1.807, 2.05) is 6.08 Å². The SMILES string of the molecule is CCC1=C(CC)C2=NC1=Cc1ccc([nH]1)C(CC)=C1N=C(C(CC)=C1CC)C(CC)=C1N=C(C2=CC=CO)C(CC)=C1CC.[Ni]. The Kier molecular flexibility index (Phi) is 11.3. The Bertz CT molecular complexity index is 1720. The van der Waals surface area contributed by atoms with Gasteiger partial charge < -0.3 is 10.1 Å². The van der Waals surface area contributed by atoms with Gasteiger partial charge in [-0.3, -0.25) is 0 Å². The molecular formula is C39H48N4NiO. The van der Waals surface area contributed by atoms with Gasteiger partial charge in [-0.25, -0.2) is 15.0 Å². The number of aliphatic imine (C=N–C) groups is 3. The number of aromatic nitrogens is 1.